The van der Waals surface area contributed by atoms with Crippen LogP contribution >= 0.6 is 0 Å². The molecule has 150 valence electrons. The van der Waals surface area contributed by atoms with E-state index in [-0.39, 0.29) is 36.2 Å². The number of halogens is 1. The van der Waals surface area contributed by atoms with Gasteiger partial charge in [0.05, 0.1) is 11.7 Å². The predicted molar refractivity (Wildman–Crippen MR) is 108 cm³/mol. The van der Waals surface area contributed by atoms with Crippen molar-refractivity contribution in [3.63, 3.8) is 0 Å². The Labute approximate surface area is 168 Å². The van der Waals surface area contributed by atoms with Crippen LogP contribution < -0.4 is 14.8 Å². The van der Waals surface area contributed by atoms with E-state index in [0.717, 1.165) is 5.56 Å². The SMILES string of the molecule is Cc1ccc(NC(=O)c2cc(OCc3ccccc3F)nc(OC(C)C)c2)nc1. The third kappa shape index (κ3) is 5.75. The number of anilines is 1. The van der Waals surface area contributed by atoms with Crippen LogP contribution in [0.5, 0.6) is 11.8 Å². The van der Waals surface area contributed by atoms with Crippen molar-refractivity contribution in [2.45, 2.75) is 33.5 Å². The van der Waals surface area contributed by atoms with Crippen LogP contribution in [0, 0.1) is 12.7 Å². The number of nitrogens with zero attached hydrogens (tertiary/aromatic N) is 2. The number of amides is 1. The molecule has 0 bridgehead atoms. The van der Waals surface area contributed by atoms with Crippen molar-refractivity contribution in [1.82, 2.24) is 9.97 Å². The Morgan fingerprint density at radius 1 is 1.14 bits per heavy atom. The summed E-state index contributed by atoms with van der Waals surface area (Å²) in [6, 6.07) is 12.9. The van der Waals surface area contributed by atoms with Crippen LogP contribution in [0.15, 0.2) is 54.7 Å². The first kappa shape index (κ1) is 20.3. The number of benzene rings is 1. The van der Waals surface area contributed by atoms with E-state index >= 15 is 0 Å². The molecule has 0 spiro atoms. The number of aromatic nitrogens is 2. The third-order valence-corrected chi connectivity index (χ3v) is 3.88. The Morgan fingerprint density at radius 3 is 2.59 bits per heavy atom. The Hall–Kier alpha value is -3.48. The highest BCUT2D eigenvalue weighted by atomic mass is 19.1. The molecule has 2 aromatic heterocycles. The minimum atomic E-state index is -0.381. The van der Waals surface area contributed by atoms with E-state index < -0.39 is 0 Å². The summed E-state index contributed by atoms with van der Waals surface area (Å²) in [5.74, 6) is 0.0811. The van der Waals surface area contributed by atoms with Crippen molar-refractivity contribution in [2.24, 2.45) is 0 Å². The number of ether oxygens (including phenoxy) is 2. The van der Waals surface area contributed by atoms with Gasteiger partial charge in [-0.2, -0.15) is 4.98 Å². The minimum Gasteiger partial charge on any atom is -0.475 e. The van der Waals surface area contributed by atoms with Gasteiger partial charge in [0.2, 0.25) is 11.8 Å². The van der Waals surface area contributed by atoms with Crippen LogP contribution in [0.25, 0.3) is 0 Å². The Bertz CT molecular complexity index is 991. The number of rotatable bonds is 7. The minimum absolute atomic E-state index is 0.0224. The van der Waals surface area contributed by atoms with Gasteiger partial charge in [0, 0.05) is 23.9 Å². The molecule has 29 heavy (non-hydrogen) atoms. The Kier molecular flexibility index (Phi) is 6.39. The topological polar surface area (TPSA) is 73.3 Å². The summed E-state index contributed by atoms with van der Waals surface area (Å²) in [5, 5.41) is 2.73. The molecule has 0 aliphatic rings. The van der Waals surface area contributed by atoms with Gasteiger partial charge in [-0.25, -0.2) is 9.37 Å². The molecule has 0 aliphatic carbocycles. The lowest BCUT2D eigenvalue weighted by Gasteiger charge is -2.13. The van der Waals surface area contributed by atoms with Gasteiger partial charge in [0.25, 0.3) is 5.91 Å². The molecule has 7 heteroatoms. The number of carbonyl (C=O) groups excluding carboxylic acids is 1. The Balaban J connectivity index is 1.81. The fourth-order valence-corrected chi connectivity index (χ4v) is 2.49. The molecule has 3 aromatic rings. The molecular weight excluding hydrogens is 373 g/mol. The first-order valence-electron chi connectivity index (χ1n) is 9.19. The molecule has 6 nitrogen and oxygen atoms in total. The second kappa shape index (κ2) is 9.14. The molecular formula is C22H22FN3O3. The van der Waals surface area contributed by atoms with Crippen molar-refractivity contribution < 1.29 is 18.7 Å². The van der Waals surface area contributed by atoms with E-state index in [1.807, 2.05) is 26.8 Å². The van der Waals surface area contributed by atoms with Gasteiger partial charge in [-0.3, -0.25) is 4.79 Å². The van der Waals surface area contributed by atoms with E-state index in [1.165, 1.54) is 18.2 Å². The molecule has 1 amide bonds. The lowest BCUT2D eigenvalue weighted by Crippen LogP contribution is -2.15. The second-order valence-electron chi connectivity index (χ2n) is 6.75. The van der Waals surface area contributed by atoms with Crippen LogP contribution in [0.3, 0.4) is 0 Å². The zero-order valence-electron chi connectivity index (χ0n) is 16.5. The summed E-state index contributed by atoms with van der Waals surface area (Å²) in [7, 11) is 0. The van der Waals surface area contributed by atoms with Crippen molar-refractivity contribution in [3.8, 4) is 11.8 Å². The average Bonchev–Trinajstić information content (AvgIpc) is 2.68. The van der Waals surface area contributed by atoms with Gasteiger partial charge in [0.15, 0.2) is 0 Å². The fraction of sp³-hybridized carbons (Fsp3) is 0.227. The predicted octanol–water partition coefficient (Wildman–Crippen LogP) is 4.54. The molecule has 1 aromatic carbocycles. The number of aryl methyl sites for hydroxylation is 1. The molecule has 0 fully saturated rings. The van der Waals surface area contributed by atoms with E-state index in [9.17, 15) is 9.18 Å². The quantitative estimate of drug-likeness (QED) is 0.636. The summed E-state index contributed by atoms with van der Waals surface area (Å²) in [6.07, 6.45) is 1.53. The first-order valence-corrected chi connectivity index (χ1v) is 9.19. The molecule has 3 rings (SSSR count). The third-order valence-electron chi connectivity index (χ3n) is 3.88. The highest BCUT2D eigenvalue weighted by Crippen LogP contribution is 2.21. The van der Waals surface area contributed by atoms with Gasteiger partial charge in [0.1, 0.15) is 18.2 Å². The first-order chi connectivity index (χ1) is 13.9. The monoisotopic (exact) mass is 395 g/mol. The number of hydrogen-bond acceptors (Lipinski definition) is 5. The lowest BCUT2D eigenvalue weighted by molar-refractivity contribution is 0.102. The summed E-state index contributed by atoms with van der Waals surface area (Å²) in [6.45, 7) is 5.59. The maximum atomic E-state index is 13.8. The maximum absolute atomic E-state index is 13.8. The standard InChI is InChI=1S/C22H22FN3O3/c1-14(2)29-21-11-17(22(27)25-19-9-8-15(3)12-24-19)10-20(26-21)28-13-16-6-4-5-7-18(16)23/h4-12,14H,13H2,1-3H3,(H,24,25,27). The molecule has 0 unspecified atom stereocenters. The molecule has 0 aliphatic heterocycles. The van der Waals surface area contributed by atoms with E-state index in [4.69, 9.17) is 9.47 Å². The number of carbonyl (C=O) groups is 1. The molecule has 0 saturated heterocycles. The van der Waals surface area contributed by atoms with Crippen LogP contribution in [-0.2, 0) is 6.61 Å². The van der Waals surface area contributed by atoms with Crippen LogP contribution in [0.2, 0.25) is 0 Å². The second-order valence-corrected chi connectivity index (χ2v) is 6.75. The zero-order valence-corrected chi connectivity index (χ0v) is 16.5. The van der Waals surface area contributed by atoms with Gasteiger partial charge in [-0.15, -0.1) is 0 Å². The van der Waals surface area contributed by atoms with E-state index in [2.05, 4.69) is 15.3 Å². The van der Waals surface area contributed by atoms with Crippen LogP contribution in [-0.4, -0.2) is 22.0 Å². The van der Waals surface area contributed by atoms with Gasteiger partial charge < -0.3 is 14.8 Å². The van der Waals surface area contributed by atoms with Gasteiger partial charge >= 0.3 is 0 Å². The average molecular weight is 395 g/mol. The van der Waals surface area contributed by atoms with Crippen LogP contribution in [0.4, 0.5) is 10.2 Å². The molecule has 0 saturated carbocycles. The summed E-state index contributed by atoms with van der Waals surface area (Å²) in [4.78, 5) is 21.1. The number of nitrogens with one attached hydrogen (secondary N) is 1. The molecule has 1 N–H and O–H groups in total. The normalized spacial score (nSPS) is 10.7. The Morgan fingerprint density at radius 2 is 1.90 bits per heavy atom. The summed E-state index contributed by atoms with van der Waals surface area (Å²) < 4.78 is 25.1. The lowest BCUT2D eigenvalue weighted by atomic mass is 10.2. The fourth-order valence-electron chi connectivity index (χ4n) is 2.49. The van der Waals surface area contributed by atoms with Crippen LogP contribution in [0.1, 0.15) is 35.3 Å². The number of pyridine rings is 2. The van der Waals surface area contributed by atoms with Gasteiger partial charge in [-0.1, -0.05) is 24.3 Å². The van der Waals surface area contributed by atoms with Gasteiger partial charge in [-0.05, 0) is 38.5 Å². The van der Waals surface area contributed by atoms with Crippen molar-refractivity contribution >= 4 is 11.7 Å². The summed E-state index contributed by atoms with van der Waals surface area (Å²) >= 11 is 0. The van der Waals surface area contributed by atoms with Crippen molar-refractivity contribution in [1.29, 1.82) is 0 Å². The molecule has 0 atom stereocenters. The molecule has 2 heterocycles. The number of hydrogen-bond donors (Lipinski definition) is 1. The molecule has 0 radical (unpaired) electrons. The largest absolute Gasteiger partial charge is 0.475 e. The summed E-state index contributed by atoms with van der Waals surface area (Å²) in [5.41, 5.74) is 1.67. The van der Waals surface area contributed by atoms with E-state index in [1.54, 1.807) is 30.5 Å². The zero-order chi connectivity index (χ0) is 20.8. The smallest absolute Gasteiger partial charge is 0.257 e. The highest BCUT2D eigenvalue weighted by Gasteiger charge is 2.14. The van der Waals surface area contributed by atoms with E-state index in [0.29, 0.717) is 16.9 Å². The maximum Gasteiger partial charge on any atom is 0.257 e. The van der Waals surface area contributed by atoms with Crippen molar-refractivity contribution in [3.05, 3.63) is 77.2 Å². The highest BCUT2D eigenvalue weighted by molar-refractivity contribution is 6.04. The van der Waals surface area contributed by atoms with Crippen molar-refractivity contribution in [2.75, 3.05) is 5.32 Å².